The van der Waals surface area contributed by atoms with Crippen LogP contribution in [0.2, 0.25) is 0 Å². The standard InChI is InChI=1S/C12H19N3O6/c1-6-3-4-21-12(7(17)10(2,20)5-16)9(19)14-11(6,13)8(18)15-12/h7,16-17,20H,1,3-5,13H2,2H3,(H,14,19)(H,15,18). The summed E-state index contributed by atoms with van der Waals surface area (Å²) in [6, 6.07) is 0. The first-order valence-electron chi connectivity index (χ1n) is 6.38. The summed E-state index contributed by atoms with van der Waals surface area (Å²) in [6.45, 7) is 3.86. The number of carbonyl (C=O) groups is 2. The number of piperazine rings is 1. The second-order valence-electron chi connectivity index (χ2n) is 5.57. The minimum atomic E-state index is -2.23. The van der Waals surface area contributed by atoms with Gasteiger partial charge in [-0.2, -0.15) is 0 Å². The molecule has 0 radical (unpaired) electrons. The summed E-state index contributed by atoms with van der Waals surface area (Å²) >= 11 is 0. The molecular formula is C12H19N3O6. The van der Waals surface area contributed by atoms with Gasteiger partial charge in [-0.25, -0.2) is 0 Å². The zero-order valence-corrected chi connectivity index (χ0v) is 11.5. The van der Waals surface area contributed by atoms with E-state index in [9.17, 15) is 19.8 Å². The Balaban J connectivity index is 2.47. The van der Waals surface area contributed by atoms with Crippen LogP contribution in [0.15, 0.2) is 12.2 Å². The third-order valence-electron chi connectivity index (χ3n) is 3.89. The van der Waals surface area contributed by atoms with Gasteiger partial charge in [0.25, 0.3) is 17.5 Å². The second-order valence-corrected chi connectivity index (χ2v) is 5.57. The van der Waals surface area contributed by atoms with E-state index < -0.39 is 41.5 Å². The molecule has 2 bridgehead atoms. The van der Waals surface area contributed by atoms with Crippen LogP contribution in [-0.4, -0.2) is 63.4 Å². The third-order valence-corrected chi connectivity index (χ3v) is 3.89. The Morgan fingerprint density at radius 1 is 1.48 bits per heavy atom. The molecule has 118 valence electrons. The molecular weight excluding hydrogens is 282 g/mol. The number of aliphatic hydroxyl groups excluding tert-OH is 2. The van der Waals surface area contributed by atoms with Crippen molar-refractivity contribution in [3.05, 3.63) is 12.2 Å². The average molecular weight is 301 g/mol. The number of nitrogens with two attached hydrogens (primary N) is 1. The van der Waals surface area contributed by atoms with Crippen molar-refractivity contribution in [1.29, 1.82) is 0 Å². The number of fused-ring (bicyclic) bond motifs is 5. The second kappa shape index (κ2) is 4.75. The molecule has 0 aliphatic carbocycles. The molecule has 0 saturated carbocycles. The largest absolute Gasteiger partial charge is 0.393 e. The van der Waals surface area contributed by atoms with Crippen molar-refractivity contribution >= 4 is 11.8 Å². The Kier molecular flexibility index (Phi) is 3.59. The van der Waals surface area contributed by atoms with E-state index in [1.165, 1.54) is 0 Å². The summed E-state index contributed by atoms with van der Waals surface area (Å²) in [5.74, 6) is -1.74. The molecule has 3 fully saturated rings. The number of nitrogens with one attached hydrogen (secondary N) is 2. The molecule has 0 aromatic carbocycles. The lowest BCUT2D eigenvalue weighted by atomic mass is 9.84. The molecule has 0 spiro atoms. The number of hydrogen-bond acceptors (Lipinski definition) is 7. The average Bonchev–Trinajstić information content (AvgIpc) is 2.42. The number of carbonyl (C=O) groups excluding carboxylic acids is 2. The van der Waals surface area contributed by atoms with Gasteiger partial charge < -0.3 is 30.7 Å². The maximum absolute atomic E-state index is 12.3. The van der Waals surface area contributed by atoms with Gasteiger partial charge in [-0.1, -0.05) is 6.58 Å². The number of hydrogen-bond donors (Lipinski definition) is 6. The Bertz CT molecular complexity index is 507. The van der Waals surface area contributed by atoms with E-state index in [0.29, 0.717) is 0 Å². The van der Waals surface area contributed by atoms with Gasteiger partial charge >= 0.3 is 0 Å². The molecule has 3 saturated heterocycles. The highest BCUT2D eigenvalue weighted by Crippen LogP contribution is 2.31. The Labute approximate surface area is 120 Å². The SMILES string of the molecule is C=C1CCOC2(C(O)C(C)(O)CO)NC(=O)C1(N)NC2=O. The molecule has 3 aliphatic rings. The molecule has 3 heterocycles. The monoisotopic (exact) mass is 301 g/mol. The summed E-state index contributed by atoms with van der Waals surface area (Å²) in [5, 5.41) is 33.9. The molecule has 9 nitrogen and oxygen atoms in total. The minimum absolute atomic E-state index is 0.0515. The van der Waals surface area contributed by atoms with Gasteiger partial charge in [-0.15, -0.1) is 0 Å². The van der Waals surface area contributed by atoms with Crippen molar-refractivity contribution in [2.45, 2.75) is 36.4 Å². The lowest BCUT2D eigenvalue weighted by molar-refractivity contribution is -0.223. The number of amides is 2. The highest BCUT2D eigenvalue weighted by molar-refractivity contribution is 6.03. The predicted octanol–water partition coefficient (Wildman–Crippen LogP) is -3.34. The third kappa shape index (κ3) is 2.14. The fourth-order valence-corrected chi connectivity index (χ4v) is 2.33. The van der Waals surface area contributed by atoms with Crippen molar-refractivity contribution < 1.29 is 29.6 Å². The molecule has 9 heteroatoms. The lowest BCUT2D eigenvalue weighted by Crippen LogP contribution is -2.84. The van der Waals surface area contributed by atoms with Crippen LogP contribution in [0.4, 0.5) is 0 Å². The molecule has 21 heavy (non-hydrogen) atoms. The minimum Gasteiger partial charge on any atom is -0.393 e. The molecule has 4 atom stereocenters. The van der Waals surface area contributed by atoms with Crippen LogP contribution in [0.25, 0.3) is 0 Å². The summed E-state index contributed by atoms with van der Waals surface area (Å²) < 4.78 is 5.32. The summed E-state index contributed by atoms with van der Waals surface area (Å²) in [7, 11) is 0. The van der Waals surface area contributed by atoms with Gasteiger partial charge in [0.15, 0.2) is 5.66 Å². The molecule has 3 aliphatic heterocycles. The van der Waals surface area contributed by atoms with E-state index in [0.717, 1.165) is 6.92 Å². The maximum Gasteiger partial charge on any atom is 0.278 e. The molecule has 0 aromatic heterocycles. The fraction of sp³-hybridized carbons (Fsp3) is 0.667. The van der Waals surface area contributed by atoms with Crippen molar-refractivity contribution in [3.63, 3.8) is 0 Å². The smallest absolute Gasteiger partial charge is 0.278 e. The number of rotatable bonds is 3. The zero-order valence-electron chi connectivity index (χ0n) is 11.5. The summed E-state index contributed by atoms with van der Waals surface area (Å²) in [4.78, 5) is 24.5. The van der Waals surface area contributed by atoms with Gasteiger partial charge in [0.2, 0.25) is 0 Å². The van der Waals surface area contributed by atoms with Crippen molar-refractivity contribution in [2.75, 3.05) is 13.2 Å². The van der Waals surface area contributed by atoms with Gasteiger partial charge in [0.05, 0.1) is 13.2 Å². The first-order valence-corrected chi connectivity index (χ1v) is 6.38. The van der Waals surface area contributed by atoms with E-state index in [4.69, 9.17) is 15.6 Å². The molecule has 2 amide bonds. The van der Waals surface area contributed by atoms with Crippen LogP contribution in [-0.2, 0) is 14.3 Å². The number of ether oxygens (including phenoxy) is 1. The quantitative estimate of drug-likeness (QED) is 0.298. The van der Waals surface area contributed by atoms with E-state index in [2.05, 4.69) is 17.2 Å². The van der Waals surface area contributed by atoms with Gasteiger partial charge in [0, 0.05) is 0 Å². The Morgan fingerprint density at radius 2 is 2.10 bits per heavy atom. The normalized spacial score (nSPS) is 37.1. The van der Waals surface area contributed by atoms with Crippen molar-refractivity contribution in [3.8, 4) is 0 Å². The van der Waals surface area contributed by atoms with Crippen molar-refractivity contribution in [1.82, 2.24) is 10.6 Å². The van der Waals surface area contributed by atoms with Gasteiger partial charge in [0.1, 0.15) is 11.7 Å². The highest BCUT2D eigenvalue weighted by Gasteiger charge is 2.62. The Morgan fingerprint density at radius 3 is 2.67 bits per heavy atom. The number of aliphatic hydroxyl groups is 3. The van der Waals surface area contributed by atoms with Crippen LogP contribution in [0.1, 0.15) is 13.3 Å². The van der Waals surface area contributed by atoms with E-state index in [-0.39, 0.29) is 18.6 Å². The van der Waals surface area contributed by atoms with Gasteiger partial charge in [-0.05, 0) is 18.9 Å². The highest BCUT2D eigenvalue weighted by atomic mass is 16.5. The van der Waals surface area contributed by atoms with Crippen LogP contribution in [0, 0.1) is 0 Å². The first-order chi connectivity index (χ1) is 9.60. The fourth-order valence-electron chi connectivity index (χ4n) is 2.33. The summed E-state index contributed by atoms with van der Waals surface area (Å²) in [6.07, 6.45) is -1.73. The topological polar surface area (TPSA) is 154 Å². The van der Waals surface area contributed by atoms with E-state index in [1.54, 1.807) is 0 Å². The Hall–Kier alpha value is -1.52. The molecule has 7 N–H and O–H groups in total. The van der Waals surface area contributed by atoms with Crippen molar-refractivity contribution in [2.24, 2.45) is 5.73 Å². The maximum atomic E-state index is 12.3. The first kappa shape index (κ1) is 15.9. The van der Waals surface area contributed by atoms with E-state index in [1.807, 2.05) is 0 Å². The summed E-state index contributed by atoms with van der Waals surface area (Å²) in [5.41, 5.74) is 0.00610. The van der Waals surface area contributed by atoms with Crippen LogP contribution >= 0.6 is 0 Å². The molecule has 4 unspecified atom stereocenters. The van der Waals surface area contributed by atoms with Gasteiger partial charge in [-0.3, -0.25) is 15.3 Å². The lowest BCUT2D eigenvalue weighted by Gasteiger charge is -2.50. The van der Waals surface area contributed by atoms with Crippen LogP contribution in [0.3, 0.4) is 0 Å². The molecule has 3 rings (SSSR count). The molecule has 0 aromatic rings. The van der Waals surface area contributed by atoms with Crippen LogP contribution in [0.5, 0.6) is 0 Å². The van der Waals surface area contributed by atoms with Crippen LogP contribution < -0.4 is 16.4 Å². The van der Waals surface area contributed by atoms with E-state index >= 15 is 0 Å². The predicted molar refractivity (Wildman–Crippen MR) is 69.4 cm³/mol. The zero-order chi connectivity index (χ0) is 16.1.